The number of carbonyl (C=O) groups is 2. The molecule has 1 N–H and O–H groups in total. The summed E-state index contributed by atoms with van der Waals surface area (Å²) in [5.74, 6) is -0.344. The van der Waals surface area contributed by atoms with Crippen LogP contribution in [0.3, 0.4) is 0 Å². The third kappa shape index (κ3) is 2.99. The van der Waals surface area contributed by atoms with Gasteiger partial charge < -0.3 is 10.2 Å². The number of benzene rings is 2. The zero-order valence-electron chi connectivity index (χ0n) is 14.2. The fourth-order valence-electron chi connectivity index (χ4n) is 3.08. The lowest BCUT2D eigenvalue weighted by molar-refractivity contribution is -0.120. The summed E-state index contributed by atoms with van der Waals surface area (Å²) < 4.78 is 0. The van der Waals surface area contributed by atoms with Gasteiger partial charge in [0.2, 0.25) is 5.91 Å². The molecule has 4 rings (SSSR count). The number of anilines is 1. The Labute approximate surface area is 155 Å². The first-order chi connectivity index (χ1) is 12.6. The number of nitrogens with one attached hydrogen (secondary N) is 1. The summed E-state index contributed by atoms with van der Waals surface area (Å²) >= 11 is 1.35. The third-order valence-corrected chi connectivity index (χ3v) is 5.25. The largest absolute Gasteiger partial charge is 0.323 e. The molecule has 2 aromatic carbocycles. The number of hydrogen-bond acceptors (Lipinski definition) is 4. The number of carbonyl (C=O) groups excluding carboxylic acids is 2. The Balaban J connectivity index is 1.55. The predicted octanol–water partition coefficient (Wildman–Crippen LogP) is 3.79. The lowest BCUT2D eigenvalue weighted by Crippen LogP contribution is -2.42. The molecular weight excluding hydrogens is 346 g/mol. The van der Waals surface area contributed by atoms with E-state index in [0.29, 0.717) is 17.2 Å². The van der Waals surface area contributed by atoms with Gasteiger partial charge in [-0.2, -0.15) is 0 Å². The van der Waals surface area contributed by atoms with Gasteiger partial charge in [0, 0.05) is 23.7 Å². The van der Waals surface area contributed by atoms with Crippen LogP contribution in [0.5, 0.6) is 0 Å². The van der Waals surface area contributed by atoms with E-state index in [1.807, 2.05) is 48.5 Å². The second-order valence-corrected chi connectivity index (χ2v) is 7.07. The van der Waals surface area contributed by atoms with Gasteiger partial charge in [0.1, 0.15) is 6.04 Å². The standard InChI is InChI=1S/C20H17N3O2S/c1-13(18(24)22-20-21-9-10-26-20)23-12-16-8-7-15(11-17(16)19(23)25)14-5-3-2-4-6-14/h2-11,13H,12H2,1H3,(H,21,22,24)/t13-/m1/s1. The summed E-state index contributed by atoms with van der Waals surface area (Å²) in [5, 5.41) is 5.09. The van der Waals surface area contributed by atoms with Gasteiger partial charge in [-0.1, -0.05) is 42.5 Å². The van der Waals surface area contributed by atoms with Gasteiger partial charge in [-0.3, -0.25) is 9.59 Å². The minimum Gasteiger partial charge on any atom is -0.323 e. The third-order valence-electron chi connectivity index (χ3n) is 4.56. The number of hydrogen-bond donors (Lipinski definition) is 1. The molecule has 0 spiro atoms. The highest BCUT2D eigenvalue weighted by Crippen LogP contribution is 2.29. The van der Waals surface area contributed by atoms with E-state index in [0.717, 1.165) is 16.7 Å². The highest BCUT2D eigenvalue weighted by atomic mass is 32.1. The van der Waals surface area contributed by atoms with Gasteiger partial charge in [0.15, 0.2) is 5.13 Å². The van der Waals surface area contributed by atoms with Crippen LogP contribution in [0.1, 0.15) is 22.8 Å². The Morgan fingerprint density at radius 1 is 1.19 bits per heavy atom. The molecule has 5 nitrogen and oxygen atoms in total. The van der Waals surface area contributed by atoms with Crippen LogP contribution in [-0.4, -0.2) is 27.7 Å². The SMILES string of the molecule is C[C@H](C(=O)Nc1nccs1)N1Cc2ccc(-c3ccccc3)cc2C1=O. The van der Waals surface area contributed by atoms with Crippen molar-refractivity contribution in [1.82, 2.24) is 9.88 Å². The van der Waals surface area contributed by atoms with Crippen LogP contribution in [0.15, 0.2) is 60.1 Å². The Hall–Kier alpha value is -2.99. The first-order valence-corrected chi connectivity index (χ1v) is 9.21. The Kier molecular flexibility index (Phi) is 4.26. The average Bonchev–Trinajstić information content (AvgIpc) is 3.29. The van der Waals surface area contributed by atoms with Crippen molar-refractivity contribution in [3.63, 3.8) is 0 Å². The summed E-state index contributed by atoms with van der Waals surface area (Å²) in [4.78, 5) is 31.0. The highest BCUT2D eigenvalue weighted by molar-refractivity contribution is 7.13. The van der Waals surface area contributed by atoms with E-state index < -0.39 is 6.04 Å². The van der Waals surface area contributed by atoms with Crippen molar-refractivity contribution in [2.45, 2.75) is 19.5 Å². The zero-order chi connectivity index (χ0) is 18.1. The van der Waals surface area contributed by atoms with E-state index in [-0.39, 0.29) is 11.8 Å². The minimum absolute atomic E-state index is 0.112. The summed E-state index contributed by atoms with van der Waals surface area (Å²) in [7, 11) is 0. The van der Waals surface area contributed by atoms with Gasteiger partial charge >= 0.3 is 0 Å². The summed E-state index contributed by atoms with van der Waals surface area (Å²) in [6.07, 6.45) is 1.63. The minimum atomic E-state index is -0.570. The number of thiazole rings is 1. The van der Waals surface area contributed by atoms with Crippen LogP contribution in [0.25, 0.3) is 11.1 Å². The van der Waals surface area contributed by atoms with Crippen molar-refractivity contribution in [1.29, 1.82) is 0 Å². The normalized spacial score (nSPS) is 14.2. The fraction of sp³-hybridized carbons (Fsp3) is 0.150. The van der Waals surface area contributed by atoms with Crippen LogP contribution in [0.2, 0.25) is 0 Å². The molecule has 0 aliphatic carbocycles. The molecule has 0 fully saturated rings. The topological polar surface area (TPSA) is 62.3 Å². The molecule has 6 heteroatoms. The zero-order valence-corrected chi connectivity index (χ0v) is 15.0. The number of fused-ring (bicyclic) bond motifs is 1. The monoisotopic (exact) mass is 363 g/mol. The van der Waals surface area contributed by atoms with Crippen molar-refractivity contribution in [3.05, 3.63) is 71.2 Å². The molecule has 0 radical (unpaired) electrons. The van der Waals surface area contributed by atoms with Crippen LogP contribution < -0.4 is 5.32 Å². The van der Waals surface area contributed by atoms with E-state index in [4.69, 9.17) is 0 Å². The molecule has 0 saturated heterocycles. The Morgan fingerprint density at radius 2 is 2.00 bits per heavy atom. The molecule has 0 unspecified atom stereocenters. The maximum absolute atomic E-state index is 12.9. The molecule has 1 atom stereocenters. The quantitative estimate of drug-likeness (QED) is 0.767. The lowest BCUT2D eigenvalue weighted by atomic mass is 10.0. The van der Waals surface area contributed by atoms with Crippen molar-refractivity contribution in [3.8, 4) is 11.1 Å². The molecular formula is C20H17N3O2S. The van der Waals surface area contributed by atoms with Gasteiger partial charge in [-0.25, -0.2) is 4.98 Å². The molecule has 130 valence electrons. The summed E-state index contributed by atoms with van der Waals surface area (Å²) in [6.45, 7) is 2.18. The molecule has 2 amide bonds. The molecule has 2 heterocycles. The maximum atomic E-state index is 12.9. The van der Waals surface area contributed by atoms with E-state index in [9.17, 15) is 9.59 Å². The van der Waals surface area contributed by atoms with Crippen molar-refractivity contribution in [2.75, 3.05) is 5.32 Å². The summed E-state index contributed by atoms with van der Waals surface area (Å²) in [5.41, 5.74) is 3.68. The van der Waals surface area contributed by atoms with Crippen LogP contribution in [-0.2, 0) is 11.3 Å². The summed E-state index contributed by atoms with van der Waals surface area (Å²) in [6, 6.07) is 15.3. The number of rotatable bonds is 4. The molecule has 3 aromatic rings. The first kappa shape index (κ1) is 16.5. The van der Waals surface area contributed by atoms with Crippen LogP contribution >= 0.6 is 11.3 Å². The Morgan fingerprint density at radius 3 is 2.73 bits per heavy atom. The molecule has 1 aromatic heterocycles. The second-order valence-electron chi connectivity index (χ2n) is 6.17. The Bertz CT molecular complexity index is 954. The number of aromatic nitrogens is 1. The molecule has 1 aliphatic rings. The lowest BCUT2D eigenvalue weighted by Gasteiger charge is -2.22. The van der Waals surface area contributed by atoms with Gasteiger partial charge in [-0.15, -0.1) is 11.3 Å². The van der Waals surface area contributed by atoms with E-state index in [2.05, 4.69) is 10.3 Å². The molecule has 26 heavy (non-hydrogen) atoms. The van der Waals surface area contributed by atoms with Crippen molar-refractivity contribution < 1.29 is 9.59 Å². The first-order valence-electron chi connectivity index (χ1n) is 8.33. The molecule has 1 aliphatic heterocycles. The smallest absolute Gasteiger partial charge is 0.255 e. The fourth-order valence-corrected chi connectivity index (χ4v) is 3.61. The van der Waals surface area contributed by atoms with Gasteiger partial charge in [-0.05, 0) is 29.7 Å². The van der Waals surface area contributed by atoms with Gasteiger partial charge in [0.05, 0.1) is 0 Å². The van der Waals surface area contributed by atoms with Crippen LogP contribution in [0.4, 0.5) is 5.13 Å². The number of amides is 2. The van der Waals surface area contributed by atoms with Crippen molar-refractivity contribution >= 4 is 28.3 Å². The highest BCUT2D eigenvalue weighted by Gasteiger charge is 2.34. The van der Waals surface area contributed by atoms with E-state index >= 15 is 0 Å². The van der Waals surface area contributed by atoms with E-state index in [1.165, 1.54) is 11.3 Å². The molecule has 0 bridgehead atoms. The molecule has 0 saturated carbocycles. The average molecular weight is 363 g/mol. The second kappa shape index (κ2) is 6.72. The van der Waals surface area contributed by atoms with Crippen molar-refractivity contribution in [2.24, 2.45) is 0 Å². The van der Waals surface area contributed by atoms with Gasteiger partial charge in [0.25, 0.3) is 5.91 Å². The van der Waals surface area contributed by atoms with Crippen LogP contribution in [0, 0.1) is 0 Å². The van der Waals surface area contributed by atoms with E-state index in [1.54, 1.807) is 23.4 Å². The predicted molar refractivity (Wildman–Crippen MR) is 102 cm³/mol. The maximum Gasteiger partial charge on any atom is 0.255 e. The number of nitrogens with zero attached hydrogens (tertiary/aromatic N) is 2.